The van der Waals surface area contributed by atoms with E-state index in [1.54, 1.807) is 6.33 Å². The zero-order valence-corrected chi connectivity index (χ0v) is 13.2. The first-order valence-corrected chi connectivity index (χ1v) is 7.90. The molecule has 3 aromatic rings. The number of hydrogen-bond acceptors (Lipinski definition) is 5. The van der Waals surface area contributed by atoms with Gasteiger partial charge in [0.05, 0.1) is 18.4 Å². The van der Waals surface area contributed by atoms with Crippen LogP contribution in [0, 0.1) is 0 Å². The number of nitrogen functional groups attached to an aromatic ring is 1. The number of nitrogens with one attached hydrogen (secondary N) is 2. The van der Waals surface area contributed by atoms with E-state index >= 15 is 0 Å². The van der Waals surface area contributed by atoms with Crippen LogP contribution >= 0.6 is 0 Å². The Bertz CT molecular complexity index is 924. The van der Waals surface area contributed by atoms with E-state index < -0.39 is 0 Å². The molecule has 0 unspecified atom stereocenters. The fourth-order valence-corrected chi connectivity index (χ4v) is 2.88. The minimum Gasteiger partial charge on any atom is -0.384 e. The van der Waals surface area contributed by atoms with Crippen LogP contribution in [0.25, 0.3) is 16.5 Å². The molecule has 24 heavy (non-hydrogen) atoms. The van der Waals surface area contributed by atoms with Gasteiger partial charge in [-0.15, -0.1) is 0 Å². The summed E-state index contributed by atoms with van der Waals surface area (Å²) in [5.74, 6) is 0.514. The number of allylic oxidation sites excluding steroid dienone is 1. The van der Waals surface area contributed by atoms with Gasteiger partial charge < -0.3 is 16.0 Å². The van der Waals surface area contributed by atoms with Crippen LogP contribution in [0.5, 0.6) is 0 Å². The molecule has 0 saturated carbocycles. The molecule has 0 spiro atoms. The van der Waals surface area contributed by atoms with E-state index in [2.05, 4.69) is 43.5 Å². The number of imidazole rings is 1. The molecule has 0 fully saturated rings. The van der Waals surface area contributed by atoms with Crippen molar-refractivity contribution in [3.63, 3.8) is 0 Å². The van der Waals surface area contributed by atoms with E-state index in [0.717, 1.165) is 47.4 Å². The summed E-state index contributed by atoms with van der Waals surface area (Å²) in [6.07, 6.45) is 8.28. The Morgan fingerprint density at radius 3 is 3.00 bits per heavy atom. The van der Waals surface area contributed by atoms with E-state index in [-0.39, 0.29) is 0 Å². The van der Waals surface area contributed by atoms with Crippen LogP contribution in [-0.2, 0) is 6.42 Å². The van der Waals surface area contributed by atoms with Gasteiger partial charge in [-0.3, -0.25) is 4.99 Å². The molecule has 120 valence electrons. The number of H-pyrrole nitrogens is 1. The van der Waals surface area contributed by atoms with Gasteiger partial charge in [0.2, 0.25) is 0 Å². The maximum Gasteiger partial charge on any atom is 0.126 e. The molecule has 0 aliphatic carbocycles. The Morgan fingerprint density at radius 1 is 1.25 bits per heavy atom. The molecule has 0 radical (unpaired) electrons. The Labute approximate surface area is 139 Å². The summed E-state index contributed by atoms with van der Waals surface area (Å²) >= 11 is 0. The Morgan fingerprint density at radius 2 is 2.21 bits per heavy atom. The summed E-state index contributed by atoms with van der Waals surface area (Å²) < 4.78 is 0. The first kappa shape index (κ1) is 14.4. The first-order valence-electron chi connectivity index (χ1n) is 7.90. The summed E-state index contributed by atoms with van der Waals surface area (Å²) in [5.41, 5.74) is 11.3. The zero-order valence-electron chi connectivity index (χ0n) is 13.2. The molecule has 0 amide bonds. The second kappa shape index (κ2) is 6.16. The third-order valence-corrected chi connectivity index (χ3v) is 4.11. The van der Waals surface area contributed by atoms with Gasteiger partial charge in [0, 0.05) is 48.2 Å². The van der Waals surface area contributed by atoms with E-state index in [1.165, 1.54) is 5.57 Å². The topological polar surface area (TPSA) is 92.0 Å². The number of fused-ring (bicyclic) bond motifs is 1. The Balaban J connectivity index is 1.60. The molecule has 0 saturated heterocycles. The van der Waals surface area contributed by atoms with Crippen molar-refractivity contribution in [2.24, 2.45) is 4.99 Å². The molecule has 1 aliphatic rings. The lowest BCUT2D eigenvalue weighted by Crippen LogP contribution is -2.06. The molecule has 1 aliphatic heterocycles. The average Bonchev–Trinajstić information content (AvgIpc) is 3.28. The van der Waals surface area contributed by atoms with Crippen LogP contribution in [0.1, 0.15) is 11.3 Å². The smallest absolute Gasteiger partial charge is 0.126 e. The third kappa shape index (κ3) is 2.86. The highest BCUT2D eigenvalue weighted by atomic mass is 14.9. The van der Waals surface area contributed by atoms with Gasteiger partial charge in [-0.25, -0.2) is 9.97 Å². The highest BCUT2D eigenvalue weighted by Gasteiger charge is 2.09. The summed E-state index contributed by atoms with van der Waals surface area (Å²) in [6.45, 7) is 1.52. The van der Waals surface area contributed by atoms with Crippen molar-refractivity contribution in [2.45, 2.75) is 6.42 Å². The predicted octanol–water partition coefficient (Wildman–Crippen LogP) is 2.66. The molecule has 4 N–H and O–H groups in total. The lowest BCUT2D eigenvalue weighted by atomic mass is 10.0. The first-order chi connectivity index (χ1) is 11.8. The SMILES string of the molecule is Nc1cc(NCCc2cnc[nH]2)c2ccc(C3=CC=NC3)cc2n1. The molecule has 6 nitrogen and oxygen atoms in total. The largest absolute Gasteiger partial charge is 0.384 e. The molecule has 0 bridgehead atoms. The molecule has 1 aromatic carbocycles. The summed E-state index contributed by atoms with van der Waals surface area (Å²) in [4.78, 5) is 15.9. The number of aromatic nitrogens is 3. The molecule has 0 atom stereocenters. The van der Waals surface area contributed by atoms with Crippen molar-refractivity contribution >= 4 is 34.2 Å². The standard InChI is InChI=1S/C18H18N6/c19-18-8-16(22-6-4-14-10-21-11-23-14)15-2-1-12(7-17(15)24-18)13-3-5-20-9-13/h1-3,5,7-8,10-11H,4,6,9H2,(H,21,23)(H3,19,22,24). The fourth-order valence-electron chi connectivity index (χ4n) is 2.88. The molecular formula is C18H18N6. The quantitative estimate of drug-likeness (QED) is 0.674. The highest BCUT2D eigenvalue weighted by molar-refractivity contribution is 5.96. The van der Waals surface area contributed by atoms with Crippen molar-refractivity contribution in [2.75, 3.05) is 24.1 Å². The number of aromatic amines is 1. The van der Waals surface area contributed by atoms with E-state index in [9.17, 15) is 0 Å². The van der Waals surface area contributed by atoms with Gasteiger partial charge in [0.1, 0.15) is 5.82 Å². The van der Waals surface area contributed by atoms with Gasteiger partial charge in [-0.1, -0.05) is 12.1 Å². The van der Waals surface area contributed by atoms with Gasteiger partial charge in [0.25, 0.3) is 0 Å². The number of anilines is 2. The number of aliphatic imine (C=N–C) groups is 1. The van der Waals surface area contributed by atoms with Crippen LogP contribution in [0.4, 0.5) is 11.5 Å². The Kier molecular flexibility index (Phi) is 3.70. The molecular weight excluding hydrogens is 300 g/mol. The van der Waals surface area contributed by atoms with Gasteiger partial charge in [-0.05, 0) is 23.3 Å². The van der Waals surface area contributed by atoms with Crippen molar-refractivity contribution < 1.29 is 0 Å². The highest BCUT2D eigenvalue weighted by Crippen LogP contribution is 2.28. The maximum absolute atomic E-state index is 5.99. The van der Waals surface area contributed by atoms with Gasteiger partial charge in [-0.2, -0.15) is 0 Å². The lowest BCUT2D eigenvalue weighted by Gasteiger charge is -2.11. The minimum atomic E-state index is 0.514. The number of pyridine rings is 1. The Hall–Kier alpha value is -3.15. The summed E-state index contributed by atoms with van der Waals surface area (Å²) in [5, 5.41) is 4.52. The third-order valence-electron chi connectivity index (χ3n) is 4.11. The maximum atomic E-state index is 5.99. The molecule has 3 heterocycles. The van der Waals surface area contributed by atoms with Crippen molar-refractivity contribution in [3.8, 4) is 0 Å². The monoisotopic (exact) mass is 318 g/mol. The average molecular weight is 318 g/mol. The number of nitrogens with zero attached hydrogens (tertiary/aromatic N) is 3. The lowest BCUT2D eigenvalue weighted by molar-refractivity contribution is 0.978. The van der Waals surface area contributed by atoms with Crippen LogP contribution in [0.2, 0.25) is 0 Å². The van der Waals surface area contributed by atoms with Crippen LogP contribution in [0.15, 0.2) is 47.9 Å². The molecule has 2 aromatic heterocycles. The second-order valence-electron chi connectivity index (χ2n) is 5.76. The van der Waals surface area contributed by atoms with Crippen LogP contribution in [0.3, 0.4) is 0 Å². The van der Waals surface area contributed by atoms with Crippen LogP contribution in [-0.4, -0.2) is 34.3 Å². The predicted molar refractivity (Wildman–Crippen MR) is 98.3 cm³/mol. The zero-order chi connectivity index (χ0) is 16.4. The van der Waals surface area contributed by atoms with Gasteiger partial charge >= 0.3 is 0 Å². The van der Waals surface area contributed by atoms with E-state index in [1.807, 2.05) is 24.6 Å². The van der Waals surface area contributed by atoms with Crippen molar-refractivity contribution in [1.82, 2.24) is 15.0 Å². The van der Waals surface area contributed by atoms with Crippen LogP contribution < -0.4 is 11.1 Å². The second-order valence-corrected chi connectivity index (χ2v) is 5.76. The normalized spacial score (nSPS) is 13.4. The van der Waals surface area contributed by atoms with Gasteiger partial charge in [0.15, 0.2) is 0 Å². The fraction of sp³-hybridized carbons (Fsp3) is 0.167. The molecule has 6 heteroatoms. The number of benzene rings is 1. The van der Waals surface area contributed by atoms with Crippen molar-refractivity contribution in [3.05, 3.63) is 54.1 Å². The van der Waals surface area contributed by atoms with E-state index in [0.29, 0.717) is 5.82 Å². The molecule has 4 rings (SSSR count). The number of hydrogen-bond donors (Lipinski definition) is 3. The van der Waals surface area contributed by atoms with Crippen molar-refractivity contribution in [1.29, 1.82) is 0 Å². The van der Waals surface area contributed by atoms with E-state index in [4.69, 9.17) is 5.73 Å². The minimum absolute atomic E-state index is 0.514. The summed E-state index contributed by atoms with van der Waals surface area (Å²) in [7, 11) is 0. The number of nitrogens with two attached hydrogens (primary N) is 1. The summed E-state index contributed by atoms with van der Waals surface area (Å²) in [6, 6.07) is 8.16. The number of rotatable bonds is 5.